The van der Waals surface area contributed by atoms with Gasteiger partial charge in [-0.1, -0.05) is 17.3 Å². The van der Waals surface area contributed by atoms with Gasteiger partial charge in [-0.05, 0) is 19.1 Å². The first-order valence-electron chi connectivity index (χ1n) is 6.40. The first-order chi connectivity index (χ1) is 10.1. The zero-order valence-corrected chi connectivity index (χ0v) is 12.1. The molecule has 0 fully saturated rings. The monoisotopic (exact) mass is 291 g/mol. The van der Waals surface area contributed by atoms with E-state index in [0.717, 1.165) is 0 Å². The van der Waals surface area contributed by atoms with E-state index in [9.17, 15) is 9.90 Å². The maximum Gasteiger partial charge on any atom is 0.358 e. The van der Waals surface area contributed by atoms with Gasteiger partial charge in [-0.15, -0.1) is 5.10 Å². The quantitative estimate of drug-likeness (QED) is 0.871. The predicted octanol–water partition coefficient (Wildman–Crippen LogP) is 1.69. The Hall–Kier alpha value is -2.41. The molecule has 0 spiro atoms. The molecule has 0 amide bonds. The maximum atomic E-state index is 11.3. The van der Waals surface area contributed by atoms with Crippen molar-refractivity contribution in [3.8, 4) is 17.0 Å². The molecule has 112 valence electrons. The molecule has 0 radical (unpaired) electrons. The summed E-state index contributed by atoms with van der Waals surface area (Å²) in [5.74, 6) is -0.486. The van der Waals surface area contributed by atoms with Crippen LogP contribution in [0.5, 0.6) is 5.75 Å². The van der Waals surface area contributed by atoms with Gasteiger partial charge in [-0.25, -0.2) is 9.48 Å². The van der Waals surface area contributed by atoms with Crippen LogP contribution in [0.4, 0.5) is 0 Å². The number of ether oxygens (including phenoxy) is 2. The Morgan fingerprint density at radius 3 is 2.81 bits per heavy atom. The van der Waals surface area contributed by atoms with Crippen LogP contribution >= 0.6 is 0 Å². The predicted molar refractivity (Wildman–Crippen MR) is 75.4 cm³/mol. The molecule has 1 aromatic carbocycles. The van der Waals surface area contributed by atoms with Crippen molar-refractivity contribution in [2.45, 2.75) is 19.6 Å². The van der Waals surface area contributed by atoms with Crippen LogP contribution in [0.3, 0.4) is 0 Å². The minimum Gasteiger partial charge on any atom is -0.497 e. The summed E-state index contributed by atoms with van der Waals surface area (Å²) < 4.78 is 11.9. The summed E-state index contributed by atoms with van der Waals surface area (Å²) in [5, 5.41) is 17.0. The number of carbonyl (C=O) groups is 1. The second-order valence-electron chi connectivity index (χ2n) is 4.55. The topological polar surface area (TPSA) is 86.5 Å². The van der Waals surface area contributed by atoms with Crippen LogP contribution in [0, 0.1) is 0 Å². The lowest BCUT2D eigenvalue weighted by Gasteiger charge is -2.12. The minimum atomic E-state index is -1.12. The molecular formula is C14H17N3O4. The second kappa shape index (κ2) is 6.36. The normalized spacial score (nSPS) is 12.1. The highest BCUT2D eigenvalue weighted by molar-refractivity contribution is 5.92. The third-order valence-corrected chi connectivity index (χ3v) is 3.11. The van der Waals surface area contributed by atoms with E-state index in [2.05, 4.69) is 10.3 Å². The van der Waals surface area contributed by atoms with Crippen LogP contribution in [0.1, 0.15) is 17.4 Å². The zero-order chi connectivity index (χ0) is 15.4. The number of aromatic carboxylic acids is 1. The van der Waals surface area contributed by atoms with Gasteiger partial charge in [-0.2, -0.15) is 0 Å². The summed E-state index contributed by atoms with van der Waals surface area (Å²) in [6.45, 7) is 2.28. The number of hydrogen-bond acceptors (Lipinski definition) is 5. The fourth-order valence-corrected chi connectivity index (χ4v) is 1.96. The average molecular weight is 291 g/mol. The highest BCUT2D eigenvalue weighted by Gasteiger charge is 2.21. The van der Waals surface area contributed by atoms with Crippen LogP contribution in [-0.4, -0.2) is 46.4 Å². The van der Waals surface area contributed by atoms with Crippen LogP contribution in [0.2, 0.25) is 0 Å². The van der Waals surface area contributed by atoms with E-state index in [1.807, 2.05) is 6.92 Å². The molecule has 7 nitrogen and oxygen atoms in total. The number of carboxylic acid groups (broad SMARTS) is 1. The van der Waals surface area contributed by atoms with Crippen LogP contribution < -0.4 is 4.74 Å². The third-order valence-electron chi connectivity index (χ3n) is 3.11. The molecule has 21 heavy (non-hydrogen) atoms. The number of benzene rings is 1. The second-order valence-corrected chi connectivity index (χ2v) is 4.55. The molecule has 1 aromatic heterocycles. The molecular weight excluding hydrogens is 274 g/mol. The van der Waals surface area contributed by atoms with Crippen LogP contribution in [0.15, 0.2) is 24.3 Å². The van der Waals surface area contributed by atoms with E-state index in [1.165, 1.54) is 4.68 Å². The highest BCUT2D eigenvalue weighted by atomic mass is 16.5. The number of methoxy groups -OCH3 is 2. The van der Waals surface area contributed by atoms with Crippen LogP contribution in [0.25, 0.3) is 11.3 Å². The van der Waals surface area contributed by atoms with Gasteiger partial charge < -0.3 is 14.6 Å². The Morgan fingerprint density at radius 2 is 2.19 bits per heavy atom. The van der Waals surface area contributed by atoms with Crippen molar-refractivity contribution < 1.29 is 19.4 Å². The number of carboxylic acids is 1. The van der Waals surface area contributed by atoms with Gasteiger partial charge >= 0.3 is 5.97 Å². The molecule has 7 heteroatoms. The largest absolute Gasteiger partial charge is 0.497 e. The lowest BCUT2D eigenvalue weighted by atomic mass is 10.1. The number of rotatable bonds is 6. The first-order valence-corrected chi connectivity index (χ1v) is 6.40. The van der Waals surface area contributed by atoms with E-state index < -0.39 is 5.97 Å². The summed E-state index contributed by atoms with van der Waals surface area (Å²) in [6, 6.07) is 7.12. The van der Waals surface area contributed by atoms with Crippen molar-refractivity contribution in [2.24, 2.45) is 0 Å². The van der Waals surface area contributed by atoms with Crippen molar-refractivity contribution in [3.05, 3.63) is 30.0 Å². The molecule has 1 heterocycles. The van der Waals surface area contributed by atoms with Gasteiger partial charge in [0.05, 0.1) is 19.8 Å². The summed E-state index contributed by atoms with van der Waals surface area (Å²) in [7, 11) is 3.14. The average Bonchev–Trinajstić information content (AvgIpc) is 2.91. The fourth-order valence-electron chi connectivity index (χ4n) is 1.96. The van der Waals surface area contributed by atoms with Crippen molar-refractivity contribution in [3.63, 3.8) is 0 Å². The lowest BCUT2D eigenvalue weighted by molar-refractivity contribution is 0.0691. The summed E-state index contributed by atoms with van der Waals surface area (Å²) in [6.07, 6.45) is -0.113. The van der Waals surface area contributed by atoms with E-state index in [-0.39, 0.29) is 11.8 Å². The van der Waals surface area contributed by atoms with Gasteiger partial charge in [0.15, 0.2) is 5.69 Å². The Kier molecular flexibility index (Phi) is 4.54. The first kappa shape index (κ1) is 15.0. The standard InChI is InChI=1S/C14H17N3O4/c1-9(20-2)8-17-13(12(14(18)19)15-16-17)10-5-4-6-11(7-10)21-3/h4-7,9H,8H2,1-3H3,(H,18,19). The fraction of sp³-hybridized carbons (Fsp3) is 0.357. The summed E-state index contributed by atoms with van der Waals surface area (Å²) in [4.78, 5) is 11.3. The SMILES string of the molecule is COc1cccc(-c2c(C(=O)O)nnn2CC(C)OC)c1. The molecule has 0 saturated heterocycles. The maximum absolute atomic E-state index is 11.3. The minimum absolute atomic E-state index is 0.0912. The highest BCUT2D eigenvalue weighted by Crippen LogP contribution is 2.26. The summed E-state index contributed by atoms with van der Waals surface area (Å²) in [5.41, 5.74) is 1.02. The van der Waals surface area contributed by atoms with Crippen molar-refractivity contribution in [1.29, 1.82) is 0 Å². The van der Waals surface area contributed by atoms with Crippen molar-refractivity contribution in [1.82, 2.24) is 15.0 Å². The zero-order valence-electron chi connectivity index (χ0n) is 12.1. The molecule has 0 bridgehead atoms. The Morgan fingerprint density at radius 1 is 1.43 bits per heavy atom. The van der Waals surface area contributed by atoms with Gasteiger partial charge in [0.1, 0.15) is 11.4 Å². The van der Waals surface area contributed by atoms with E-state index in [4.69, 9.17) is 9.47 Å². The smallest absolute Gasteiger partial charge is 0.358 e. The third kappa shape index (κ3) is 3.19. The van der Waals surface area contributed by atoms with Gasteiger partial charge in [-0.3, -0.25) is 0 Å². The van der Waals surface area contributed by atoms with Crippen LogP contribution in [-0.2, 0) is 11.3 Å². The molecule has 1 unspecified atom stereocenters. The van der Waals surface area contributed by atoms with Crippen molar-refractivity contribution in [2.75, 3.05) is 14.2 Å². The Balaban J connectivity index is 2.52. The number of nitrogens with zero attached hydrogens (tertiary/aromatic N) is 3. The van der Waals surface area contributed by atoms with Gasteiger partial charge in [0.25, 0.3) is 0 Å². The molecule has 1 N–H and O–H groups in total. The Bertz CT molecular complexity index is 639. The molecule has 0 aliphatic carbocycles. The Labute approximate surface area is 122 Å². The van der Waals surface area contributed by atoms with E-state index in [0.29, 0.717) is 23.6 Å². The number of aromatic nitrogens is 3. The summed E-state index contributed by atoms with van der Waals surface area (Å²) >= 11 is 0. The van der Waals surface area contributed by atoms with Gasteiger partial charge in [0, 0.05) is 12.7 Å². The molecule has 0 aliphatic heterocycles. The van der Waals surface area contributed by atoms with E-state index >= 15 is 0 Å². The lowest BCUT2D eigenvalue weighted by Crippen LogP contribution is -2.17. The molecule has 0 saturated carbocycles. The molecule has 1 atom stereocenters. The molecule has 0 aliphatic rings. The van der Waals surface area contributed by atoms with Gasteiger partial charge in [0.2, 0.25) is 0 Å². The number of hydrogen-bond donors (Lipinski definition) is 1. The molecule has 2 aromatic rings. The van der Waals surface area contributed by atoms with E-state index in [1.54, 1.807) is 38.5 Å². The molecule has 2 rings (SSSR count). The van der Waals surface area contributed by atoms with Crippen molar-refractivity contribution >= 4 is 5.97 Å².